The number of ether oxygens (including phenoxy) is 1. The Balaban J connectivity index is 2.35. The minimum Gasteiger partial charge on any atom is -0.467 e. The molecular formula is C34H52N6O9. The quantitative estimate of drug-likeness (QED) is 0.111. The van der Waals surface area contributed by atoms with Crippen LogP contribution in [0.3, 0.4) is 0 Å². The average molecular weight is 689 g/mol. The summed E-state index contributed by atoms with van der Waals surface area (Å²) in [5.41, 5.74) is 6.06. The number of hydrogen-bond donors (Lipinski definition) is 6. The van der Waals surface area contributed by atoms with Gasteiger partial charge in [0.25, 0.3) is 5.91 Å². The number of rotatable bonds is 18. The number of carbonyl (C=O) groups excluding carboxylic acids is 7. The van der Waals surface area contributed by atoms with E-state index in [0.717, 1.165) is 0 Å². The van der Waals surface area contributed by atoms with Crippen LogP contribution < -0.4 is 27.0 Å². The van der Waals surface area contributed by atoms with Crippen LogP contribution in [-0.4, -0.2) is 101 Å². The van der Waals surface area contributed by atoms with Crippen molar-refractivity contribution in [1.82, 2.24) is 26.2 Å². The Bertz CT molecular complexity index is 1320. The van der Waals surface area contributed by atoms with Crippen LogP contribution in [0.15, 0.2) is 30.3 Å². The predicted molar refractivity (Wildman–Crippen MR) is 179 cm³/mol. The van der Waals surface area contributed by atoms with Crippen LogP contribution in [0.25, 0.3) is 0 Å². The van der Waals surface area contributed by atoms with Gasteiger partial charge in [-0.1, -0.05) is 64.4 Å². The molecule has 0 spiro atoms. The smallest absolute Gasteiger partial charge is 0.328 e. The number of aliphatic hydroxyl groups excluding tert-OH is 1. The Labute approximate surface area is 287 Å². The first-order valence-corrected chi connectivity index (χ1v) is 16.7. The summed E-state index contributed by atoms with van der Waals surface area (Å²) in [7, 11) is 1.22. The summed E-state index contributed by atoms with van der Waals surface area (Å²) in [5.74, 6) is -5.22. The van der Waals surface area contributed by atoms with Crippen LogP contribution in [0.4, 0.5) is 0 Å². The largest absolute Gasteiger partial charge is 0.467 e. The van der Waals surface area contributed by atoms with Gasteiger partial charge in [-0.25, -0.2) is 4.79 Å². The topological polar surface area (TPSA) is 226 Å². The Morgan fingerprint density at radius 3 is 2.14 bits per heavy atom. The predicted octanol–water partition coefficient (Wildman–Crippen LogP) is -0.319. The Kier molecular flexibility index (Phi) is 16.1. The molecular weight excluding hydrogens is 636 g/mol. The average Bonchev–Trinajstić information content (AvgIpc) is 3.55. The fourth-order valence-electron chi connectivity index (χ4n) is 5.71. The molecule has 1 aliphatic heterocycles. The summed E-state index contributed by atoms with van der Waals surface area (Å²) in [6, 6.07) is 3.06. The highest BCUT2D eigenvalue weighted by Crippen LogP contribution is 2.21. The number of aliphatic hydroxyl groups is 1. The molecule has 1 fully saturated rings. The number of carbonyl (C=O) groups is 7. The molecule has 0 saturated carbocycles. The van der Waals surface area contributed by atoms with E-state index >= 15 is 0 Å². The third kappa shape index (κ3) is 12.5. The van der Waals surface area contributed by atoms with Gasteiger partial charge in [-0.05, 0) is 43.1 Å². The van der Waals surface area contributed by atoms with E-state index in [4.69, 9.17) is 10.5 Å². The number of amides is 6. The lowest BCUT2D eigenvalue weighted by molar-refractivity contribution is -0.150. The summed E-state index contributed by atoms with van der Waals surface area (Å²) >= 11 is 0. The maximum Gasteiger partial charge on any atom is 0.328 e. The van der Waals surface area contributed by atoms with Gasteiger partial charge in [0, 0.05) is 13.5 Å². The lowest BCUT2D eigenvalue weighted by Gasteiger charge is -2.32. The molecule has 1 heterocycles. The summed E-state index contributed by atoms with van der Waals surface area (Å²) in [6.07, 6.45) is -0.897. The molecule has 6 amide bonds. The van der Waals surface area contributed by atoms with E-state index in [1.807, 2.05) is 20.8 Å². The van der Waals surface area contributed by atoms with Crippen molar-refractivity contribution in [1.29, 1.82) is 0 Å². The second-order valence-electron chi connectivity index (χ2n) is 12.9. The number of nitrogens with two attached hydrogens (primary N) is 1. The summed E-state index contributed by atoms with van der Waals surface area (Å²) in [6.45, 7) is 8.74. The van der Waals surface area contributed by atoms with Crippen molar-refractivity contribution in [2.75, 3.05) is 13.7 Å². The molecule has 0 bridgehead atoms. The Morgan fingerprint density at radius 1 is 0.959 bits per heavy atom. The lowest BCUT2D eigenvalue weighted by Crippen LogP contribution is -2.60. The van der Waals surface area contributed by atoms with Crippen molar-refractivity contribution in [2.45, 2.75) is 109 Å². The van der Waals surface area contributed by atoms with Gasteiger partial charge in [-0.2, -0.15) is 0 Å². The normalized spacial score (nSPS) is 17.9. The number of esters is 1. The van der Waals surface area contributed by atoms with Gasteiger partial charge < -0.3 is 41.7 Å². The Morgan fingerprint density at radius 2 is 1.59 bits per heavy atom. The van der Waals surface area contributed by atoms with E-state index in [1.165, 1.54) is 18.9 Å². The van der Waals surface area contributed by atoms with Crippen molar-refractivity contribution < 1.29 is 43.4 Å². The molecule has 0 unspecified atom stereocenters. The van der Waals surface area contributed by atoms with Crippen LogP contribution >= 0.6 is 0 Å². The number of benzene rings is 1. The standard InChI is InChI=1S/C34H52N6O9/c1-7-20(4)28(34(48)49-6)39-32(46)26-14-11-15-40(26)33(47)29(43)23(17-22-12-9-8-10-13-22)37-31(45)25(18-27(35)42)38-30(44)24(16-19(2)3)36-21(5)41/h8-10,12-13,19-20,23-26,28-29,43H,7,11,14-18H2,1-6H3,(H2,35,42)(H,36,41)(H,37,45)(H,38,44)(H,39,46)/t20-,23-,24-,25-,26-,28-,29-/m0/s1. The highest BCUT2D eigenvalue weighted by atomic mass is 16.5. The van der Waals surface area contributed by atoms with E-state index in [-0.39, 0.29) is 37.6 Å². The number of nitrogens with one attached hydrogen (secondary N) is 4. The molecule has 49 heavy (non-hydrogen) atoms. The highest BCUT2D eigenvalue weighted by molar-refractivity contribution is 5.95. The van der Waals surface area contributed by atoms with Gasteiger partial charge in [0.1, 0.15) is 24.2 Å². The molecule has 1 aromatic carbocycles. The summed E-state index contributed by atoms with van der Waals surface area (Å²) in [4.78, 5) is 91.4. The van der Waals surface area contributed by atoms with Crippen LogP contribution in [0.5, 0.6) is 0 Å². The fourth-order valence-corrected chi connectivity index (χ4v) is 5.71. The third-order valence-electron chi connectivity index (χ3n) is 8.50. The molecule has 1 aromatic rings. The molecule has 7 atom stereocenters. The minimum atomic E-state index is -1.85. The van der Waals surface area contributed by atoms with E-state index < -0.39 is 84.1 Å². The van der Waals surface area contributed by atoms with Gasteiger partial charge in [-0.15, -0.1) is 0 Å². The molecule has 0 aromatic heterocycles. The van der Waals surface area contributed by atoms with Crippen LogP contribution in [0, 0.1) is 11.8 Å². The number of hydrogen-bond acceptors (Lipinski definition) is 9. The molecule has 1 saturated heterocycles. The van der Waals surface area contributed by atoms with Crippen LogP contribution in [-0.2, 0) is 44.7 Å². The van der Waals surface area contributed by atoms with Crippen molar-refractivity contribution in [3.63, 3.8) is 0 Å². The van der Waals surface area contributed by atoms with Crippen molar-refractivity contribution >= 4 is 41.4 Å². The van der Waals surface area contributed by atoms with Gasteiger partial charge in [0.15, 0.2) is 6.10 Å². The maximum absolute atomic E-state index is 13.8. The van der Waals surface area contributed by atoms with Gasteiger partial charge in [0.2, 0.25) is 29.5 Å². The number of likely N-dealkylation sites (tertiary alicyclic amines) is 1. The maximum atomic E-state index is 13.8. The lowest BCUT2D eigenvalue weighted by atomic mass is 9.98. The third-order valence-corrected chi connectivity index (χ3v) is 8.50. The van der Waals surface area contributed by atoms with E-state index in [1.54, 1.807) is 37.3 Å². The molecule has 15 nitrogen and oxygen atoms in total. The molecule has 1 aliphatic rings. The van der Waals surface area contributed by atoms with E-state index in [9.17, 15) is 38.7 Å². The first-order valence-electron chi connectivity index (χ1n) is 16.7. The second-order valence-corrected chi connectivity index (χ2v) is 12.9. The molecule has 7 N–H and O–H groups in total. The van der Waals surface area contributed by atoms with Crippen molar-refractivity contribution in [3.8, 4) is 0 Å². The van der Waals surface area contributed by atoms with Crippen LogP contribution in [0.1, 0.15) is 72.3 Å². The number of primary amides is 1. The Hall–Kier alpha value is -4.53. The zero-order valence-electron chi connectivity index (χ0n) is 29.2. The molecule has 0 aliphatic carbocycles. The van der Waals surface area contributed by atoms with E-state index in [2.05, 4.69) is 21.3 Å². The SMILES string of the molecule is CC[C@H](C)[C@H](NC(=O)[C@@H]1CCCN1C(=O)[C@@H](O)[C@H](Cc1ccccc1)NC(=O)[C@H](CC(N)=O)NC(=O)[C@H](CC(C)C)NC(C)=O)C(=O)OC. The van der Waals surface area contributed by atoms with Gasteiger partial charge >= 0.3 is 5.97 Å². The van der Waals surface area contributed by atoms with Crippen molar-refractivity contribution in [2.24, 2.45) is 17.6 Å². The first kappa shape index (κ1) is 40.6. The van der Waals surface area contributed by atoms with Gasteiger partial charge in [0.05, 0.1) is 19.6 Å². The monoisotopic (exact) mass is 688 g/mol. The first-order chi connectivity index (χ1) is 23.1. The van der Waals surface area contributed by atoms with Crippen molar-refractivity contribution in [3.05, 3.63) is 35.9 Å². The van der Waals surface area contributed by atoms with Gasteiger partial charge in [-0.3, -0.25) is 28.8 Å². The molecule has 15 heteroatoms. The molecule has 272 valence electrons. The zero-order valence-corrected chi connectivity index (χ0v) is 29.2. The fraction of sp³-hybridized carbons (Fsp3) is 0.618. The minimum absolute atomic E-state index is 0.000298. The van der Waals surface area contributed by atoms with Crippen LogP contribution in [0.2, 0.25) is 0 Å². The van der Waals surface area contributed by atoms with E-state index in [0.29, 0.717) is 18.4 Å². The second kappa shape index (κ2) is 19.5. The summed E-state index contributed by atoms with van der Waals surface area (Å²) < 4.78 is 4.86. The highest BCUT2D eigenvalue weighted by Gasteiger charge is 2.41. The number of nitrogens with zero attached hydrogens (tertiary/aromatic N) is 1. The zero-order chi connectivity index (χ0) is 36.8. The molecule has 0 radical (unpaired) electrons. The molecule has 2 rings (SSSR count). The number of methoxy groups -OCH3 is 1. The summed E-state index contributed by atoms with van der Waals surface area (Å²) in [5, 5.41) is 21.8.